The molecule has 0 aliphatic rings. The van der Waals surface area contributed by atoms with E-state index >= 15 is 0 Å². The average molecular weight is 268 g/mol. The molecular weight excluding hydrogens is 252 g/mol. The Morgan fingerprint density at radius 1 is 1.25 bits per heavy atom. The van der Waals surface area contributed by atoms with Gasteiger partial charge in [0.1, 0.15) is 6.33 Å². The molecule has 20 heavy (non-hydrogen) atoms. The fourth-order valence-corrected chi connectivity index (χ4v) is 2.15. The van der Waals surface area contributed by atoms with Gasteiger partial charge in [-0.15, -0.1) is 10.2 Å². The minimum atomic E-state index is 0.760. The molecule has 0 saturated heterocycles. The maximum atomic E-state index is 5.71. The maximum absolute atomic E-state index is 5.71. The van der Waals surface area contributed by atoms with E-state index in [1.165, 1.54) is 5.56 Å². The number of nitrogens with zero attached hydrogens (tertiary/aromatic N) is 5. The van der Waals surface area contributed by atoms with Gasteiger partial charge in [-0.25, -0.2) is 4.98 Å². The zero-order valence-electron chi connectivity index (χ0n) is 11.3. The molecule has 102 valence electrons. The van der Waals surface area contributed by atoms with Crippen molar-refractivity contribution in [3.8, 4) is 0 Å². The molecule has 0 spiro atoms. The lowest BCUT2D eigenvalue weighted by atomic mass is 10.2. The van der Waals surface area contributed by atoms with Gasteiger partial charge in [0.05, 0.1) is 0 Å². The van der Waals surface area contributed by atoms with Crippen LogP contribution in [-0.4, -0.2) is 26.1 Å². The van der Waals surface area contributed by atoms with Crippen molar-refractivity contribution in [2.75, 3.05) is 17.2 Å². The number of anilines is 2. The van der Waals surface area contributed by atoms with Crippen molar-refractivity contribution < 1.29 is 0 Å². The van der Waals surface area contributed by atoms with Crippen molar-refractivity contribution >= 4 is 17.2 Å². The summed E-state index contributed by atoms with van der Waals surface area (Å²) in [5.74, 6) is 0.837. The fourth-order valence-electron chi connectivity index (χ4n) is 2.15. The van der Waals surface area contributed by atoms with Crippen molar-refractivity contribution in [1.29, 1.82) is 0 Å². The summed E-state index contributed by atoms with van der Waals surface area (Å²) in [5, 5.41) is 8.06. The third-order valence-electron chi connectivity index (χ3n) is 3.23. The van der Waals surface area contributed by atoms with Crippen molar-refractivity contribution in [3.63, 3.8) is 0 Å². The fraction of sp³-hybridized carbons (Fsp3) is 0.214. The predicted molar refractivity (Wildman–Crippen MR) is 78.4 cm³/mol. The normalized spacial score (nSPS) is 10.8. The topological polar surface area (TPSA) is 72.3 Å². The Morgan fingerprint density at radius 3 is 2.80 bits per heavy atom. The van der Waals surface area contributed by atoms with Crippen LogP contribution in [0.5, 0.6) is 0 Å². The molecule has 3 rings (SSSR count). The molecule has 0 fully saturated rings. The summed E-state index contributed by atoms with van der Waals surface area (Å²) in [6.45, 7) is 3.69. The van der Waals surface area contributed by atoms with E-state index < -0.39 is 0 Å². The van der Waals surface area contributed by atoms with Crippen LogP contribution >= 0.6 is 0 Å². The third-order valence-corrected chi connectivity index (χ3v) is 3.23. The Balaban J connectivity index is 1.93. The van der Waals surface area contributed by atoms with Crippen LogP contribution in [0, 0.1) is 0 Å². The molecule has 2 heterocycles. The Bertz CT molecular complexity index is 703. The SMILES string of the molecule is CCN(Cc1ccc(N)cc1)c1nccn2cnnc12. The molecule has 0 saturated carbocycles. The smallest absolute Gasteiger partial charge is 0.203 e. The molecule has 2 aromatic heterocycles. The van der Waals surface area contributed by atoms with Crippen molar-refractivity contribution in [3.05, 3.63) is 48.5 Å². The van der Waals surface area contributed by atoms with E-state index in [1.807, 2.05) is 34.9 Å². The zero-order valence-corrected chi connectivity index (χ0v) is 11.3. The molecule has 0 aliphatic carbocycles. The van der Waals surface area contributed by atoms with Crippen LogP contribution in [-0.2, 0) is 6.54 Å². The van der Waals surface area contributed by atoms with Crippen molar-refractivity contribution in [1.82, 2.24) is 19.6 Å². The van der Waals surface area contributed by atoms with Gasteiger partial charge in [0, 0.05) is 31.2 Å². The summed E-state index contributed by atoms with van der Waals surface area (Å²) in [6.07, 6.45) is 5.28. The molecule has 6 heteroatoms. The second-order valence-electron chi connectivity index (χ2n) is 4.57. The van der Waals surface area contributed by atoms with E-state index in [9.17, 15) is 0 Å². The average Bonchev–Trinajstić information content (AvgIpc) is 2.95. The van der Waals surface area contributed by atoms with Gasteiger partial charge in [-0.05, 0) is 24.6 Å². The summed E-state index contributed by atoms with van der Waals surface area (Å²) < 4.78 is 1.87. The molecule has 3 aromatic rings. The number of hydrogen-bond donors (Lipinski definition) is 1. The Morgan fingerprint density at radius 2 is 2.05 bits per heavy atom. The van der Waals surface area contributed by atoms with Gasteiger partial charge in [-0.2, -0.15) is 0 Å². The lowest BCUT2D eigenvalue weighted by molar-refractivity contribution is 0.811. The highest BCUT2D eigenvalue weighted by molar-refractivity contribution is 5.63. The minimum absolute atomic E-state index is 0.760. The highest BCUT2D eigenvalue weighted by Crippen LogP contribution is 2.19. The van der Waals surface area contributed by atoms with E-state index in [2.05, 4.69) is 27.0 Å². The summed E-state index contributed by atoms with van der Waals surface area (Å²) in [7, 11) is 0. The quantitative estimate of drug-likeness (QED) is 0.730. The van der Waals surface area contributed by atoms with Crippen LogP contribution in [0.4, 0.5) is 11.5 Å². The van der Waals surface area contributed by atoms with Gasteiger partial charge < -0.3 is 10.6 Å². The monoisotopic (exact) mass is 268 g/mol. The van der Waals surface area contributed by atoms with E-state index in [4.69, 9.17) is 5.73 Å². The van der Waals surface area contributed by atoms with Crippen LogP contribution in [0.1, 0.15) is 12.5 Å². The van der Waals surface area contributed by atoms with Crippen molar-refractivity contribution in [2.45, 2.75) is 13.5 Å². The Kier molecular flexibility index (Phi) is 3.20. The zero-order chi connectivity index (χ0) is 13.9. The van der Waals surface area contributed by atoms with Gasteiger partial charge in [0.15, 0.2) is 5.82 Å². The maximum Gasteiger partial charge on any atom is 0.203 e. The van der Waals surface area contributed by atoms with Crippen LogP contribution in [0.15, 0.2) is 43.0 Å². The third kappa shape index (κ3) is 2.27. The number of rotatable bonds is 4. The Labute approximate surface area is 116 Å². The summed E-state index contributed by atoms with van der Waals surface area (Å²) >= 11 is 0. The number of hydrogen-bond acceptors (Lipinski definition) is 5. The number of aromatic nitrogens is 4. The van der Waals surface area contributed by atoms with E-state index in [0.717, 1.165) is 30.2 Å². The van der Waals surface area contributed by atoms with Crippen LogP contribution in [0.25, 0.3) is 5.65 Å². The van der Waals surface area contributed by atoms with Crippen LogP contribution in [0.3, 0.4) is 0 Å². The second kappa shape index (κ2) is 5.16. The largest absolute Gasteiger partial charge is 0.399 e. The van der Waals surface area contributed by atoms with E-state index in [-0.39, 0.29) is 0 Å². The summed E-state index contributed by atoms with van der Waals surface area (Å²) in [5.41, 5.74) is 8.44. The summed E-state index contributed by atoms with van der Waals surface area (Å²) in [4.78, 5) is 6.60. The predicted octanol–water partition coefficient (Wildman–Crippen LogP) is 1.73. The number of benzene rings is 1. The first kappa shape index (κ1) is 12.4. The number of fused-ring (bicyclic) bond motifs is 1. The standard InChI is InChI=1S/C14H16N6/c1-2-19(9-11-3-5-12(15)6-4-11)13-14-18-17-10-20(14)8-7-16-13/h3-8,10H,2,9,15H2,1H3. The minimum Gasteiger partial charge on any atom is -0.399 e. The lowest BCUT2D eigenvalue weighted by Gasteiger charge is -2.22. The van der Waals surface area contributed by atoms with Gasteiger partial charge in [-0.3, -0.25) is 4.40 Å². The van der Waals surface area contributed by atoms with Gasteiger partial charge in [0.2, 0.25) is 5.65 Å². The molecule has 0 amide bonds. The first-order valence-electron chi connectivity index (χ1n) is 6.51. The first-order valence-corrected chi connectivity index (χ1v) is 6.51. The molecule has 0 unspecified atom stereocenters. The molecule has 0 atom stereocenters. The van der Waals surface area contributed by atoms with Gasteiger partial charge >= 0.3 is 0 Å². The van der Waals surface area contributed by atoms with Gasteiger partial charge in [0.25, 0.3) is 0 Å². The molecule has 0 radical (unpaired) electrons. The van der Waals surface area contributed by atoms with E-state index in [1.54, 1.807) is 12.5 Å². The van der Waals surface area contributed by atoms with E-state index in [0.29, 0.717) is 0 Å². The Hall–Kier alpha value is -2.63. The molecule has 0 aliphatic heterocycles. The lowest BCUT2D eigenvalue weighted by Crippen LogP contribution is -2.23. The van der Waals surface area contributed by atoms with Crippen LogP contribution in [0.2, 0.25) is 0 Å². The highest BCUT2D eigenvalue weighted by Gasteiger charge is 2.12. The second-order valence-corrected chi connectivity index (χ2v) is 4.57. The molecule has 1 aromatic carbocycles. The molecule has 0 bridgehead atoms. The first-order chi connectivity index (χ1) is 9.78. The molecular formula is C14H16N6. The number of nitrogens with two attached hydrogens (primary N) is 1. The van der Waals surface area contributed by atoms with Crippen LogP contribution < -0.4 is 10.6 Å². The highest BCUT2D eigenvalue weighted by atomic mass is 15.3. The molecule has 2 N–H and O–H groups in total. The summed E-state index contributed by atoms with van der Waals surface area (Å²) in [6, 6.07) is 7.88. The van der Waals surface area contributed by atoms with Gasteiger partial charge in [-0.1, -0.05) is 12.1 Å². The molecule has 6 nitrogen and oxygen atoms in total. The van der Waals surface area contributed by atoms with Crippen molar-refractivity contribution in [2.24, 2.45) is 0 Å². The number of nitrogen functional groups attached to an aromatic ring is 1.